The zero-order chi connectivity index (χ0) is 18.1. The Bertz CT molecular complexity index is 836. The molecule has 2 heterocycles. The molecule has 5 nitrogen and oxygen atoms in total. The molecule has 2 atom stereocenters. The number of hydrogen-bond acceptors (Lipinski definition) is 4. The molecule has 1 N–H and O–H groups in total. The molecule has 0 radical (unpaired) electrons. The SMILES string of the molecule is CCC[C@H](c1nc2c(F)cc(F)cc2c(=O)n1C)N1CCN[C@@H](C)C1. The summed E-state index contributed by atoms with van der Waals surface area (Å²) in [6, 6.07) is 2.11. The molecule has 0 saturated carbocycles. The number of halogens is 2. The van der Waals surface area contributed by atoms with E-state index in [1.807, 2.05) is 0 Å². The van der Waals surface area contributed by atoms with Crippen LogP contribution < -0.4 is 10.9 Å². The maximum Gasteiger partial charge on any atom is 0.261 e. The summed E-state index contributed by atoms with van der Waals surface area (Å²) in [5.74, 6) is -1.02. The van der Waals surface area contributed by atoms with Crippen molar-refractivity contribution in [1.82, 2.24) is 19.8 Å². The molecule has 0 unspecified atom stereocenters. The number of nitrogens with one attached hydrogen (secondary N) is 1. The van der Waals surface area contributed by atoms with Gasteiger partial charge in [0.2, 0.25) is 0 Å². The van der Waals surface area contributed by atoms with Crippen molar-refractivity contribution in [2.75, 3.05) is 19.6 Å². The van der Waals surface area contributed by atoms with Crippen LogP contribution in [0.1, 0.15) is 38.6 Å². The lowest BCUT2D eigenvalue weighted by atomic mass is 10.1. The second kappa shape index (κ2) is 7.17. The van der Waals surface area contributed by atoms with Crippen LogP contribution >= 0.6 is 0 Å². The number of hydrogen-bond donors (Lipinski definition) is 1. The molecule has 0 bridgehead atoms. The maximum atomic E-state index is 14.2. The molecule has 7 heteroatoms. The standard InChI is InChI=1S/C18H24F2N4O/c1-4-5-15(24-7-6-21-11(2)10-24)17-22-16-13(18(25)23(17)3)8-12(19)9-14(16)20/h8-9,11,15,21H,4-7,10H2,1-3H3/t11-,15+/m0/s1. The van der Waals surface area contributed by atoms with E-state index in [1.165, 1.54) is 4.57 Å². The highest BCUT2D eigenvalue weighted by molar-refractivity contribution is 5.78. The molecule has 1 aromatic heterocycles. The number of rotatable bonds is 4. The fraction of sp³-hybridized carbons (Fsp3) is 0.556. The second-order valence-electron chi connectivity index (χ2n) is 6.77. The molecule has 1 aromatic carbocycles. The largest absolute Gasteiger partial charge is 0.312 e. The number of nitrogens with zero attached hydrogens (tertiary/aromatic N) is 3. The average molecular weight is 350 g/mol. The Kier molecular flexibility index (Phi) is 5.15. The Labute approximate surface area is 145 Å². The summed E-state index contributed by atoms with van der Waals surface area (Å²) in [7, 11) is 1.63. The highest BCUT2D eigenvalue weighted by atomic mass is 19.1. The lowest BCUT2D eigenvalue weighted by Gasteiger charge is -2.38. The molecule has 3 rings (SSSR count). The first-order valence-corrected chi connectivity index (χ1v) is 8.75. The molecule has 0 amide bonds. The van der Waals surface area contributed by atoms with Crippen LogP contribution in [-0.2, 0) is 7.05 Å². The monoisotopic (exact) mass is 350 g/mol. The van der Waals surface area contributed by atoms with Crippen LogP contribution in [0.25, 0.3) is 10.9 Å². The second-order valence-corrected chi connectivity index (χ2v) is 6.77. The number of benzene rings is 1. The zero-order valence-electron chi connectivity index (χ0n) is 14.9. The van der Waals surface area contributed by atoms with E-state index in [-0.39, 0.29) is 16.9 Å². The van der Waals surface area contributed by atoms with Gasteiger partial charge in [-0.05, 0) is 19.4 Å². The van der Waals surface area contributed by atoms with Crippen LogP contribution in [0, 0.1) is 11.6 Å². The van der Waals surface area contributed by atoms with Gasteiger partial charge in [0.15, 0.2) is 5.82 Å². The summed E-state index contributed by atoms with van der Waals surface area (Å²) in [5, 5.41) is 3.38. The lowest BCUT2D eigenvalue weighted by Crippen LogP contribution is -2.51. The highest BCUT2D eigenvalue weighted by Crippen LogP contribution is 2.26. The van der Waals surface area contributed by atoms with E-state index < -0.39 is 17.2 Å². The van der Waals surface area contributed by atoms with E-state index in [0.717, 1.165) is 44.6 Å². The minimum atomic E-state index is -0.794. The minimum absolute atomic E-state index is 0.0207. The summed E-state index contributed by atoms with van der Waals surface area (Å²) in [5.41, 5.74) is -0.466. The van der Waals surface area contributed by atoms with Crippen molar-refractivity contribution < 1.29 is 8.78 Å². The van der Waals surface area contributed by atoms with Crippen molar-refractivity contribution >= 4 is 10.9 Å². The third-order valence-electron chi connectivity index (χ3n) is 4.83. The van der Waals surface area contributed by atoms with Gasteiger partial charge in [-0.1, -0.05) is 13.3 Å². The van der Waals surface area contributed by atoms with Crippen LogP contribution in [-0.4, -0.2) is 40.1 Å². The van der Waals surface area contributed by atoms with Crippen LogP contribution in [0.4, 0.5) is 8.78 Å². The maximum absolute atomic E-state index is 14.2. The van der Waals surface area contributed by atoms with Gasteiger partial charge in [-0.25, -0.2) is 13.8 Å². The van der Waals surface area contributed by atoms with Gasteiger partial charge in [-0.15, -0.1) is 0 Å². The van der Waals surface area contributed by atoms with Gasteiger partial charge in [-0.2, -0.15) is 0 Å². The highest BCUT2D eigenvalue weighted by Gasteiger charge is 2.28. The lowest BCUT2D eigenvalue weighted by molar-refractivity contribution is 0.132. The Morgan fingerprint density at radius 3 is 2.84 bits per heavy atom. The first kappa shape index (κ1) is 17.9. The summed E-state index contributed by atoms with van der Waals surface area (Å²) in [6.45, 7) is 6.74. The third kappa shape index (κ3) is 3.43. The Hall–Kier alpha value is -1.86. The molecule has 25 heavy (non-hydrogen) atoms. The van der Waals surface area contributed by atoms with Crippen molar-refractivity contribution in [3.63, 3.8) is 0 Å². The third-order valence-corrected chi connectivity index (χ3v) is 4.83. The van der Waals surface area contributed by atoms with Gasteiger partial charge in [0.25, 0.3) is 5.56 Å². The molecule has 2 aromatic rings. The quantitative estimate of drug-likeness (QED) is 0.920. The van der Waals surface area contributed by atoms with E-state index in [4.69, 9.17) is 0 Å². The van der Waals surface area contributed by atoms with Crippen molar-refractivity contribution in [3.8, 4) is 0 Å². The number of piperazine rings is 1. The summed E-state index contributed by atoms with van der Waals surface area (Å²) in [6.07, 6.45) is 1.74. The molecular weight excluding hydrogens is 326 g/mol. The minimum Gasteiger partial charge on any atom is -0.312 e. The van der Waals surface area contributed by atoms with Gasteiger partial charge >= 0.3 is 0 Å². The van der Waals surface area contributed by atoms with Crippen LogP contribution in [0.3, 0.4) is 0 Å². The molecule has 0 aliphatic carbocycles. The van der Waals surface area contributed by atoms with Gasteiger partial charge in [-0.3, -0.25) is 14.3 Å². The van der Waals surface area contributed by atoms with E-state index in [0.29, 0.717) is 11.9 Å². The van der Waals surface area contributed by atoms with Crippen molar-refractivity contribution in [2.45, 2.75) is 38.8 Å². The van der Waals surface area contributed by atoms with Gasteiger partial charge in [0.05, 0.1) is 11.4 Å². The zero-order valence-corrected chi connectivity index (χ0v) is 14.9. The van der Waals surface area contributed by atoms with Gasteiger partial charge in [0, 0.05) is 38.8 Å². The fourth-order valence-corrected chi connectivity index (χ4v) is 3.61. The van der Waals surface area contributed by atoms with Crippen LogP contribution in [0.2, 0.25) is 0 Å². The van der Waals surface area contributed by atoms with E-state index in [9.17, 15) is 13.6 Å². The van der Waals surface area contributed by atoms with Crippen molar-refractivity contribution in [1.29, 1.82) is 0 Å². The fourth-order valence-electron chi connectivity index (χ4n) is 3.61. The predicted molar refractivity (Wildman–Crippen MR) is 93.6 cm³/mol. The van der Waals surface area contributed by atoms with Crippen LogP contribution in [0.5, 0.6) is 0 Å². The molecule has 0 spiro atoms. The molecule has 1 aliphatic heterocycles. The molecule has 1 fully saturated rings. The Morgan fingerprint density at radius 2 is 2.16 bits per heavy atom. The predicted octanol–water partition coefficient (Wildman–Crippen LogP) is 2.35. The van der Waals surface area contributed by atoms with Crippen molar-refractivity contribution in [2.24, 2.45) is 7.05 Å². The Morgan fingerprint density at radius 1 is 1.40 bits per heavy atom. The number of aromatic nitrogens is 2. The average Bonchev–Trinajstić information content (AvgIpc) is 2.57. The van der Waals surface area contributed by atoms with Gasteiger partial charge < -0.3 is 5.32 Å². The van der Waals surface area contributed by atoms with E-state index >= 15 is 0 Å². The Balaban J connectivity index is 2.14. The number of fused-ring (bicyclic) bond motifs is 1. The molecular formula is C18H24F2N4O. The van der Waals surface area contributed by atoms with Crippen LogP contribution in [0.15, 0.2) is 16.9 Å². The molecule has 136 valence electrons. The molecule has 1 saturated heterocycles. The summed E-state index contributed by atoms with van der Waals surface area (Å²) < 4.78 is 29.1. The normalized spacial score (nSPS) is 20.1. The topological polar surface area (TPSA) is 50.2 Å². The summed E-state index contributed by atoms with van der Waals surface area (Å²) >= 11 is 0. The van der Waals surface area contributed by atoms with E-state index in [2.05, 4.69) is 29.0 Å². The van der Waals surface area contributed by atoms with Gasteiger partial charge in [0.1, 0.15) is 17.2 Å². The molecule has 1 aliphatic rings. The van der Waals surface area contributed by atoms with Crippen molar-refractivity contribution in [3.05, 3.63) is 39.9 Å². The first-order chi connectivity index (χ1) is 11.9. The van der Waals surface area contributed by atoms with E-state index in [1.54, 1.807) is 7.05 Å². The smallest absolute Gasteiger partial charge is 0.261 e. The first-order valence-electron chi connectivity index (χ1n) is 8.75. The summed E-state index contributed by atoms with van der Waals surface area (Å²) in [4.78, 5) is 19.4.